The van der Waals surface area contributed by atoms with Crippen molar-refractivity contribution < 1.29 is 9.90 Å². The Bertz CT molecular complexity index is 1180. The fraction of sp³-hybridized carbons (Fsp3) is 0.429. The number of thiophene rings is 1. The summed E-state index contributed by atoms with van der Waals surface area (Å²) in [7, 11) is 0. The molecule has 1 saturated heterocycles. The van der Waals surface area contributed by atoms with Gasteiger partial charge in [-0.2, -0.15) is 0 Å². The summed E-state index contributed by atoms with van der Waals surface area (Å²) in [6.45, 7) is 3.88. The number of amides is 1. The van der Waals surface area contributed by atoms with Crippen LogP contribution in [0.5, 0.6) is 0 Å². The van der Waals surface area contributed by atoms with Crippen LogP contribution in [0, 0.1) is 5.92 Å². The fourth-order valence-electron chi connectivity index (χ4n) is 5.17. The molecule has 4 nitrogen and oxygen atoms in total. The number of piperidine rings is 1. The Morgan fingerprint density at radius 3 is 2.65 bits per heavy atom. The summed E-state index contributed by atoms with van der Waals surface area (Å²) < 4.78 is 0. The van der Waals surface area contributed by atoms with Crippen molar-refractivity contribution in [2.75, 3.05) is 13.1 Å². The van der Waals surface area contributed by atoms with E-state index in [0.717, 1.165) is 78.9 Å². The second-order valence-corrected chi connectivity index (χ2v) is 11.3. The molecule has 2 fully saturated rings. The van der Waals surface area contributed by atoms with E-state index in [2.05, 4.69) is 29.4 Å². The number of likely N-dealkylation sites (tertiary alicyclic amines) is 1. The molecule has 2 aliphatic rings. The zero-order valence-electron chi connectivity index (χ0n) is 19.6. The van der Waals surface area contributed by atoms with Gasteiger partial charge in [0.1, 0.15) is 0 Å². The van der Waals surface area contributed by atoms with Gasteiger partial charge < -0.3 is 10.0 Å². The summed E-state index contributed by atoms with van der Waals surface area (Å²) >= 11 is 8.30. The molecule has 3 heterocycles. The molecule has 3 aromatic rings. The van der Waals surface area contributed by atoms with Crippen LogP contribution >= 0.6 is 22.9 Å². The Balaban J connectivity index is 1.33. The maximum Gasteiger partial charge on any atom is 0.253 e. The zero-order chi connectivity index (χ0) is 23.7. The number of carbonyl (C=O) groups is 1. The van der Waals surface area contributed by atoms with Crippen molar-refractivity contribution in [3.8, 4) is 21.6 Å². The molecule has 34 heavy (non-hydrogen) atoms. The van der Waals surface area contributed by atoms with E-state index in [9.17, 15) is 9.90 Å². The number of benzene rings is 1. The molecule has 178 valence electrons. The molecule has 2 aromatic heterocycles. The van der Waals surface area contributed by atoms with Crippen LogP contribution in [0.15, 0.2) is 48.0 Å². The van der Waals surface area contributed by atoms with Gasteiger partial charge in [-0.1, -0.05) is 37.4 Å². The van der Waals surface area contributed by atoms with Gasteiger partial charge in [-0.3, -0.25) is 9.78 Å². The number of nitrogens with zero attached hydrogens (tertiary/aromatic N) is 2. The zero-order valence-corrected chi connectivity index (χ0v) is 21.2. The Morgan fingerprint density at radius 2 is 1.91 bits per heavy atom. The molecule has 1 aromatic carbocycles. The summed E-state index contributed by atoms with van der Waals surface area (Å²) in [6.07, 6.45) is 8.45. The van der Waals surface area contributed by atoms with Gasteiger partial charge in [-0.05, 0) is 78.4 Å². The summed E-state index contributed by atoms with van der Waals surface area (Å²) in [4.78, 5) is 20.4. The molecule has 0 bridgehead atoms. The van der Waals surface area contributed by atoms with Gasteiger partial charge in [0.05, 0.1) is 10.6 Å². The van der Waals surface area contributed by atoms with Crippen LogP contribution in [0.3, 0.4) is 0 Å². The third-order valence-electron chi connectivity index (χ3n) is 7.35. The number of halogens is 1. The number of carbonyl (C=O) groups excluding carboxylic acids is 1. The maximum absolute atomic E-state index is 12.9. The molecule has 6 heteroatoms. The van der Waals surface area contributed by atoms with Crippen molar-refractivity contribution in [3.63, 3.8) is 0 Å². The van der Waals surface area contributed by atoms with Crippen LogP contribution in [0.4, 0.5) is 0 Å². The Labute approximate surface area is 210 Å². The largest absolute Gasteiger partial charge is 0.389 e. The van der Waals surface area contributed by atoms with E-state index in [0.29, 0.717) is 22.9 Å². The molecule has 5 rings (SSSR count). The minimum Gasteiger partial charge on any atom is -0.389 e. The fourth-order valence-corrected chi connectivity index (χ4v) is 6.47. The lowest BCUT2D eigenvalue weighted by Gasteiger charge is -2.30. The van der Waals surface area contributed by atoms with Gasteiger partial charge in [-0.15, -0.1) is 11.3 Å². The predicted molar refractivity (Wildman–Crippen MR) is 139 cm³/mol. The van der Waals surface area contributed by atoms with E-state index >= 15 is 0 Å². The SMILES string of the molecule is CC1CCN(C(=O)c2ccc(-c3cc(-c4ccnc(CC5(O)CCCC5)c4)cs3)c(Cl)c2)CC1. The molecule has 0 atom stereocenters. The Morgan fingerprint density at radius 1 is 1.15 bits per heavy atom. The molecule has 0 radical (unpaired) electrons. The van der Waals surface area contributed by atoms with E-state index in [1.54, 1.807) is 11.3 Å². The average Bonchev–Trinajstić information content (AvgIpc) is 3.49. The first-order valence-electron chi connectivity index (χ1n) is 12.3. The number of hydrogen-bond acceptors (Lipinski definition) is 4. The third-order valence-corrected chi connectivity index (χ3v) is 8.62. The number of aromatic nitrogens is 1. The van der Waals surface area contributed by atoms with Gasteiger partial charge in [0, 0.05) is 47.4 Å². The van der Waals surface area contributed by atoms with E-state index in [1.807, 2.05) is 35.4 Å². The number of rotatable bonds is 5. The first-order chi connectivity index (χ1) is 16.4. The molecule has 0 unspecified atom stereocenters. The molecular formula is C28H31ClN2O2S. The highest BCUT2D eigenvalue weighted by Crippen LogP contribution is 2.38. The van der Waals surface area contributed by atoms with Crippen molar-refractivity contribution in [1.82, 2.24) is 9.88 Å². The van der Waals surface area contributed by atoms with Gasteiger partial charge in [-0.25, -0.2) is 0 Å². The lowest BCUT2D eigenvalue weighted by molar-refractivity contribution is 0.0472. The summed E-state index contributed by atoms with van der Waals surface area (Å²) in [5, 5.41) is 13.5. The van der Waals surface area contributed by atoms with Crippen LogP contribution < -0.4 is 0 Å². The molecule has 1 saturated carbocycles. The number of hydrogen-bond donors (Lipinski definition) is 1. The van der Waals surface area contributed by atoms with Crippen LogP contribution in [-0.2, 0) is 6.42 Å². The van der Waals surface area contributed by atoms with Gasteiger partial charge in [0.25, 0.3) is 5.91 Å². The van der Waals surface area contributed by atoms with E-state index in [1.165, 1.54) is 0 Å². The first kappa shape index (κ1) is 23.5. The van der Waals surface area contributed by atoms with Crippen molar-refractivity contribution in [2.45, 2.75) is 57.5 Å². The van der Waals surface area contributed by atoms with Crippen molar-refractivity contribution >= 4 is 28.8 Å². The molecule has 1 N–H and O–H groups in total. The predicted octanol–water partition coefficient (Wildman–Crippen LogP) is 6.85. The average molecular weight is 495 g/mol. The van der Waals surface area contributed by atoms with Crippen LogP contribution in [0.1, 0.15) is 61.5 Å². The van der Waals surface area contributed by atoms with Crippen LogP contribution in [0.25, 0.3) is 21.6 Å². The van der Waals surface area contributed by atoms with Crippen LogP contribution in [0.2, 0.25) is 5.02 Å². The van der Waals surface area contributed by atoms with Crippen molar-refractivity contribution in [1.29, 1.82) is 0 Å². The second kappa shape index (κ2) is 9.80. The Kier molecular flexibility index (Phi) is 6.79. The monoisotopic (exact) mass is 494 g/mol. The highest BCUT2D eigenvalue weighted by atomic mass is 35.5. The minimum atomic E-state index is -0.607. The number of pyridine rings is 1. The van der Waals surface area contributed by atoms with Gasteiger partial charge in [0.15, 0.2) is 0 Å². The normalized spacial score (nSPS) is 18.4. The smallest absolute Gasteiger partial charge is 0.253 e. The summed E-state index contributed by atoms with van der Waals surface area (Å²) in [5.41, 5.74) is 4.13. The molecule has 1 amide bonds. The van der Waals surface area contributed by atoms with E-state index in [4.69, 9.17) is 11.6 Å². The maximum atomic E-state index is 12.9. The molecule has 1 aliphatic carbocycles. The first-order valence-corrected chi connectivity index (χ1v) is 13.5. The summed E-state index contributed by atoms with van der Waals surface area (Å²) in [6, 6.07) is 11.9. The quantitative estimate of drug-likeness (QED) is 0.422. The lowest BCUT2D eigenvalue weighted by atomic mass is 9.94. The highest BCUT2D eigenvalue weighted by molar-refractivity contribution is 7.14. The standard InChI is InChI=1S/C28H31ClN2O2S/c1-19-7-12-31(13-8-19)27(32)21-4-5-24(25(29)15-21)26-16-22(18-34-26)20-6-11-30-23(14-20)17-28(33)9-2-3-10-28/h4-6,11,14-16,18-19,33H,2-3,7-10,12-13,17H2,1H3. The topological polar surface area (TPSA) is 53.4 Å². The highest BCUT2D eigenvalue weighted by Gasteiger charge is 2.31. The minimum absolute atomic E-state index is 0.0699. The third kappa shape index (κ3) is 5.07. The van der Waals surface area contributed by atoms with Crippen molar-refractivity contribution in [2.24, 2.45) is 5.92 Å². The van der Waals surface area contributed by atoms with Crippen molar-refractivity contribution in [3.05, 3.63) is 64.3 Å². The van der Waals surface area contributed by atoms with Gasteiger partial charge >= 0.3 is 0 Å². The molecule has 0 spiro atoms. The van der Waals surface area contributed by atoms with Gasteiger partial charge in [0.2, 0.25) is 0 Å². The molecular weight excluding hydrogens is 464 g/mol. The molecule has 1 aliphatic heterocycles. The van der Waals surface area contributed by atoms with E-state index < -0.39 is 5.60 Å². The number of aliphatic hydroxyl groups is 1. The second-order valence-electron chi connectivity index (χ2n) is 10.0. The van der Waals surface area contributed by atoms with Crippen LogP contribution in [-0.4, -0.2) is 39.6 Å². The Hall–Kier alpha value is -2.21. The lowest BCUT2D eigenvalue weighted by Crippen LogP contribution is -2.37. The summed E-state index contributed by atoms with van der Waals surface area (Å²) in [5.74, 6) is 0.757. The van der Waals surface area contributed by atoms with E-state index in [-0.39, 0.29) is 5.91 Å².